The third kappa shape index (κ3) is 2.63. The highest BCUT2D eigenvalue weighted by Crippen LogP contribution is 2.26. The molecule has 0 aliphatic carbocycles. The highest BCUT2D eigenvalue weighted by Gasteiger charge is 2.24. The van der Waals surface area contributed by atoms with Gasteiger partial charge in [0.2, 0.25) is 0 Å². The van der Waals surface area contributed by atoms with E-state index in [0.717, 1.165) is 10.2 Å². The van der Waals surface area contributed by atoms with Crippen molar-refractivity contribution in [1.29, 1.82) is 0 Å². The largest absolute Gasteiger partial charge is 0.235 e. The van der Waals surface area contributed by atoms with E-state index in [1.807, 2.05) is 28.6 Å². The van der Waals surface area contributed by atoms with Gasteiger partial charge in [-0.25, -0.2) is 13.5 Å². The van der Waals surface area contributed by atoms with Gasteiger partial charge < -0.3 is 0 Å². The number of hydrogen-bond acceptors (Lipinski definition) is 3. The van der Waals surface area contributed by atoms with Gasteiger partial charge in [-0.1, -0.05) is 12.1 Å². The van der Waals surface area contributed by atoms with E-state index in [4.69, 9.17) is 0 Å². The number of fused-ring (bicyclic) bond motifs is 1. The summed E-state index contributed by atoms with van der Waals surface area (Å²) in [6.45, 7) is 8.24. The van der Waals surface area contributed by atoms with Gasteiger partial charge in [-0.05, 0) is 39.8 Å². The Labute approximate surface area is 114 Å². The fourth-order valence-electron chi connectivity index (χ4n) is 2.00. The zero-order chi connectivity index (χ0) is 13.3. The molecule has 1 heterocycles. The molecule has 0 N–H and O–H groups in total. The zero-order valence-corrected chi connectivity index (χ0v) is 12.7. The summed E-state index contributed by atoms with van der Waals surface area (Å²) in [6.07, 6.45) is 0. The summed E-state index contributed by atoms with van der Waals surface area (Å²) in [7, 11) is -1.17. The monoisotopic (exact) mass is 282 g/mol. The average Bonchev–Trinajstić information content (AvgIpc) is 2.71. The van der Waals surface area contributed by atoms with Crippen LogP contribution < -0.4 is 0 Å². The van der Waals surface area contributed by atoms with Crippen LogP contribution in [0.1, 0.15) is 27.7 Å². The number of rotatable bonds is 4. The SMILES string of the molecule is CC(C)N(C(C)C)S(=O)c1nc2ccccc2s1. The Bertz CT molecular complexity index is 522. The minimum Gasteiger partial charge on any atom is -0.235 e. The normalized spacial score (nSPS) is 13.9. The molecule has 0 aliphatic rings. The van der Waals surface area contributed by atoms with Gasteiger partial charge in [-0.15, -0.1) is 11.3 Å². The van der Waals surface area contributed by atoms with Crippen molar-refractivity contribution in [2.45, 2.75) is 44.1 Å². The van der Waals surface area contributed by atoms with Crippen LogP contribution in [0.4, 0.5) is 0 Å². The van der Waals surface area contributed by atoms with E-state index in [1.54, 1.807) is 0 Å². The molecule has 0 radical (unpaired) electrons. The second kappa shape index (κ2) is 5.47. The molecule has 0 bridgehead atoms. The number of aromatic nitrogens is 1. The Hall–Kier alpha value is -0.780. The number of thiazole rings is 1. The van der Waals surface area contributed by atoms with Crippen molar-refractivity contribution in [2.75, 3.05) is 0 Å². The predicted molar refractivity (Wildman–Crippen MR) is 78.1 cm³/mol. The van der Waals surface area contributed by atoms with E-state index in [2.05, 4.69) is 32.7 Å². The fraction of sp³-hybridized carbons (Fsp3) is 0.462. The van der Waals surface area contributed by atoms with Crippen molar-refractivity contribution < 1.29 is 4.21 Å². The Morgan fingerprint density at radius 3 is 2.33 bits per heavy atom. The summed E-state index contributed by atoms with van der Waals surface area (Å²) in [5.41, 5.74) is 0.929. The zero-order valence-electron chi connectivity index (χ0n) is 11.1. The van der Waals surface area contributed by atoms with Gasteiger partial charge in [-0.3, -0.25) is 0 Å². The van der Waals surface area contributed by atoms with E-state index in [-0.39, 0.29) is 12.1 Å². The Morgan fingerprint density at radius 2 is 1.78 bits per heavy atom. The van der Waals surface area contributed by atoms with Crippen molar-refractivity contribution in [2.24, 2.45) is 0 Å². The van der Waals surface area contributed by atoms with Crippen molar-refractivity contribution in [3.8, 4) is 0 Å². The highest BCUT2D eigenvalue weighted by atomic mass is 32.2. The van der Waals surface area contributed by atoms with Crippen LogP contribution in [0.5, 0.6) is 0 Å². The van der Waals surface area contributed by atoms with Gasteiger partial charge in [0, 0.05) is 12.1 Å². The van der Waals surface area contributed by atoms with Crippen LogP contribution in [0.15, 0.2) is 28.6 Å². The van der Waals surface area contributed by atoms with Crippen LogP contribution in [-0.2, 0) is 11.0 Å². The van der Waals surface area contributed by atoms with Gasteiger partial charge in [0.1, 0.15) is 0 Å². The molecule has 98 valence electrons. The van der Waals surface area contributed by atoms with Crippen LogP contribution in [0, 0.1) is 0 Å². The molecule has 0 spiro atoms. The maximum atomic E-state index is 12.6. The first-order chi connectivity index (χ1) is 8.50. The lowest BCUT2D eigenvalue weighted by atomic mass is 10.3. The highest BCUT2D eigenvalue weighted by molar-refractivity contribution is 7.85. The molecule has 0 saturated carbocycles. The Balaban J connectivity index is 2.38. The second-order valence-electron chi connectivity index (χ2n) is 4.74. The first-order valence-corrected chi connectivity index (χ1v) is 7.99. The Kier molecular flexibility index (Phi) is 4.14. The molecule has 1 atom stereocenters. The molecule has 1 aromatic carbocycles. The molecule has 5 heteroatoms. The summed E-state index contributed by atoms with van der Waals surface area (Å²) in [5, 5.41) is 0. The maximum Gasteiger partial charge on any atom is 0.197 e. The predicted octanol–water partition coefficient (Wildman–Crippen LogP) is 3.44. The van der Waals surface area contributed by atoms with E-state index in [0.29, 0.717) is 4.34 Å². The van der Waals surface area contributed by atoms with Crippen LogP contribution in [-0.4, -0.2) is 25.6 Å². The summed E-state index contributed by atoms with van der Waals surface area (Å²) in [5.74, 6) is 0. The number of nitrogens with zero attached hydrogens (tertiary/aromatic N) is 2. The second-order valence-corrected chi connectivity index (χ2v) is 7.34. The van der Waals surface area contributed by atoms with Gasteiger partial charge in [-0.2, -0.15) is 0 Å². The van der Waals surface area contributed by atoms with Gasteiger partial charge in [0.25, 0.3) is 0 Å². The van der Waals surface area contributed by atoms with E-state index < -0.39 is 11.0 Å². The molecule has 1 unspecified atom stereocenters. The first-order valence-electron chi connectivity index (χ1n) is 6.06. The molecule has 2 aromatic rings. The molecule has 0 amide bonds. The smallest absolute Gasteiger partial charge is 0.197 e. The molecule has 0 aliphatic heterocycles. The quantitative estimate of drug-likeness (QED) is 0.860. The van der Waals surface area contributed by atoms with Crippen molar-refractivity contribution in [3.63, 3.8) is 0 Å². The average molecular weight is 282 g/mol. The van der Waals surface area contributed by atoms with Crippen LogP contribution in [0.3, 0.4) is 0 Å². The van der Waals surface area contributed by atoms with E-state index >= 15 is 0 Å². The summed E-state index contributed by atoms with van der Waals surface area (Å²) in [6, 6.07) is 8.38. The molecule has 3 nitrogen and oxygen atoms in total. The topological polar surface area (TPSA) is 33.2 Å². The molecule has 0 saturated heterocycles. The van der Waals surface area contributed by atoms with Gasteiger partial charge in [0.05, 0.1) is 10.2 Å². The van der Waals surface area contributed by atoms with Gasteiger partial charge >= 0.3 is 0 Å². The Morgan fingerprint density at radius 1 is 1.17 bits per heavy atom. The van der Waals surface area contributed by atoms with Crippen LogP contribution in [0.2, 0.25) is 0 Å². The molecule has 0 fully saturated rings. The number of para-hydroxylation sites is 1. The van der Waals surface area contributed by atoms with E-state index in [9.17, 15) is 4.21 Å². The lowest BCUT2D eigenvalue weighted by Gasteiger charge is -2.27. The summed E-state index contributed by atoms with van der Waals surface area (Å²) in [4.78, 5) is 4.48. The molecule has 2 rings (SSSR count). The standard InChI is InChI=1S/C13H18N2OS2/c1-9(2)15(10(3)4)18(16)13-14-11-7-5-6-8-12(11)17-13/h5-10H,1-4H3. The molecular weight excluding hydrogens is 264 g/mol. The maximum absolute atomic E-state index is 12.6. The first kappa shape index (κ1) is 13.6. The third-order valence-corrected chi connectivity index (χ3v) is 5.76. The summed E-state index contributed by atoms with van der Waals surface area (Å²) < 4.78 is 16.4. The minimum atomic E-state index is -1.17. The van der Waals surface area contributed by atoms with Gasteiger partial charge in [0.15, 0.2) is 15.3 Å². The lowest BCUT2D eigenvalue weighted by Crippen LogP contribution is -2.38. The minimum absolute atomic E-state index is 0.234. The van der Waals surface area contributed by atoms with Crippen LogP contribution in [0.25, 0.3) is 10.2 Å². The molecule has 18 heavy (non-hydrogen) atoms. The third-order valence-electron chi connectivity index (χ3n) is 2.63. The number of benzene rings is 1. The lowest BCUT2D eigenvalue weighted by molar-refractivity contribution is 0.320. The van der Waals surface area contributed by atoms with Crippen molar-refractivity contribution >= 4 is 32.5 Å². The molecular formula is C13H18N2OS2. The van der Waals surface area contributed by atoms with Crippen molar-refractivity contribution in [1.82, 2.24) is 9.29 Å². The number of hydrogen-bond donors (Lipinski definition) is 0. The van der Waals surface area contributed by atoms with E-state index in [1.165, 1.54) is 11.3 Å². The molecule has 1 aromatic heterocycles. The van der Waals surface area contributed by atoms with Crippen molar-refractivity contribution in [3.05, 3.63) is 24.3 Å². The van der Waals surface area contributed by atoms with Crippen LogP contribution >= 0.6 is 11.3 Å². The fourth-order valence-corrected chi connectivity index (χ4v) is 4.63. The summed E-state index contributed by atoms with van der Waals surface area (Å²) >= 11 is 1.52.